The Hall–Kier alpha value is -3.99. The molecule has 1 atom stereocenters. The molecule has 1 aliphatic heterocycles. The highest BCUT2D eigenvalue weighted by molar-refractivity contribution is 7.91. The lowest BCUT2D eigenvalue weighted by molar-refractivity contribution is -0.287. The molecule has 1 aromatic heterocycles. The number of amides is 1. The average Bonchev–Trinajstić information content (AvgIpc) is 3.63. The zero-order valence-corrected chi connectivity index (χ0v) is 22.7. The number of hydrogen-bond donors (Lipinski definition) is 1. The van der Waals surface area contributed by atoms with Crippen LogP contribution in [0.4, 0.5) is 8.78 Å². The molecule has 1 saturated carbocycles. The van der Waals surface area contributed by atoms with Gasteiger partial charge in [-0.1, -0.05) is 31.2 Å². The monoisotopic (exact) mass is 567 g/mol. The highest BCUT2D eigenvalue weighted by atomic mass is 32.2. The highest BCUT2D eigenvalue weighted by Crippen LogP contribution is 2.48. The first-order chi connectivity index (χ1) is 19.1. The Labute approximate surface area is 229 Å². The van der Waals surface area contributed by atoms with Crippen LogP contribution in [0, 0.1) is 0 Å². The zero-order valence-electron chi connectivity index (χ0n) is 21.9. The molecule has 8 nitrogen and oxygen atoms in total. The van der Waals surface area contributed by atoms with Gasteiger partial charge < -0.3 is 19.4 Å². The molecular weight excluding hydrogens is 540 g/mol. The fourth-order valence-electron chi connectivity index (χ4n) is 5.02. The van der Waals surface area contributed by atoms with E-state index in [1.807, 2.05) is 17.6 Å². The van der Waals surface area contributed by atoms with Crippen molar-refractivity contribution in [2.75, 3.05) is 5.75 Å². The molecule has 1 fully saturated rings. The predicted octanol–water partition coefficient (Wildman–Crippen LogP) is 5.57. The van der Waals surface area contributed by atoms with E-state index < -0.39 is 16.1 Å². The molecule has 0 spiro atoms. The Balaban J connectivity index is 1.26. The lowest BCUT2D eigenvalue weighted by atomic mass is 10.1. The number of carbonyl (C=O) groups is 1. The number of aromatic nitrogens is 2. The molecule has 0 unspecified atom stereocenters. The number of fused-ring (bicyclic) bond motifs is 2. The van der Waals surface area contributed by atoms with Crippen LogP contribution in [-0.4, -0.2) is 35.9 Å². The van der Waals surface area contributed by atoms with Crippen LogP contribution in [0.15, 0.2) is 65.6 Å². The predicted molar refractivity (Wildman–Crippen MR) is 144 cm³/mol. The Morgan fingerprint density at radius 1 is 1.12 bits per heavy atom. The fourth-order valence-corrected chi connectivity index (χ4v) is 5.90. The third kappa shape index (κ3) is 4.78. The van der Waals surface area contributed by atoms with Crippen LogP contribution < -0.4 is 14.8 Å². The Bertz CT molecular complexity index is 1730. The van der Waals surface area contributed by atoms with Gasteiger partial charge in [-0.2, -0.15) is 0 Å². The number of alkyl halides is 2. The summed E-state index contributed by atoms with van der Waals surface area (Å²) in [4.78, 5) is 18.1. The third-order valence-electron chi connectivity index (χ3n) is 7.33. The van der Waals surface area contributed by atoms with Crippen LogP contribution in [0.5, 0.6) is 11.5 Å². The largest absolute Gasteiger partial charge is 0.586 e. The molecule has 208 valence electrons. The molecule has 11 heteroatoms. The molecule has 4 aromatic rings. The van der Waals surface area contributed by atoms with Crippen molar-refractivity contribution in [2.24, 2.45) is 0 Å². The molecule has 1 N–H and O–H groups in total. The number of hydrogen-bond acceptors (Lipinski definition) is 6. The smallest absolute Gasteiger partial charge is 0.395 e. The Morgan fingerprint density at radius 3 is 2.58 bits per heavy atom. The number of benzene rings is 3. The van der Waals surface area contributed by atoms with Gasteiger partial charge in [-0.05, 0) is 61.7 Å². The van der Waals surface area contributed by atoms with E-state index in [9.17, 15) is 22.0 Å². The summed E-state index contributed by atoms with van der Waals surface area (Å²) >= 11 is 0. The van der Waals surface area contributed by atoms with Crippen LogP contribution in [0.25, 0.3) is 11.0 Å². The molecule has 0 bridgehead atoms. The number of carbonyl (C=O) groups excluding carboxylic acids is 1. The van der Waals surface area contributed by atoms with Crippen molar-refractivity contribution >= 4 is 26.8 Å². The van der Waals surface area contributed by atoms with Gasteiger partial charge in [-0.15, -0.1) is 8.78 Å². The van der Waals surface area contributed by atoms with Gasteiger partial charge in [-0.25, -0.2) is 13.4 Å². The summed E-state index contributed by atoms with van der Waals surface area (Å²) in [6, 6.07) is 16.2. The summed E-state index contributed by atoms with van der Waals surface area (Å²) in [6.45, 7) is 3.73. The molecule has 40 heavy (non-hydrogen) atoms. The van der Waals surface area contributed by atoms with Crippen molar-refractivity contribution < 1.29 is 31.5 Å². The van der Waals surface area contributed by atoms with E-state index in [1.54, 1.807) is 55.5 Å². The first-order valence-corrected chi connectivity index (χ1v) is 14.7. The fraction of sp³-hybridized carbons (Fsp3) is 0.310. The van der Waals surface area contributed by atoms with Crippen LogP contribution in [0.2, 0.25) is 0 Å². The van der Waals surface area contributed by atoms with Gasteiger partial charge in [0, 0.05) is 23.6 Å². The molecule has 2 heterocycles. The lowest BCUT2D eigenvalue weighted by Crippen LogP contribution is -2.26. The zero-order chi connectivity index (χ0) is 28.2. The minimum Gasteiger partial charge on any atom is -0.395 e. The minimum atomic E-state index is -3.72. The van der Waals surface area contributed by atoms with Crippen molar-refractivity contribution in [1.82, 2.24) is 14.9 Å². The van der Waals surface area contributed by atoms with Gasteiger partial charge in [0.15, 0.2) is 21.3 Å². The highest BCUT2D eigenvalue weighted by Gasteiger charge is 2.45. The molecule has 2 aliphatic rings. The Morgan fingerprint density at radius 2 is 1.88 bits per heavy atom. The van der Waals surface area contributed by atoms with Crippen molar-refractivity contribution in [3.8, 4) is 11.5 Å². The standard InChI is InChI=1S/C29H27F2N3O5S/c1-3-40(36,37)21-12-7-18(8-13-21)16-32-28(35)20-11-14-24-23(15-20)33-27(19-9-10-19)34(24)17(2)22-5-4-6-25-26(22)39-29(30,31)38-25/h4-8,11-15,17,19H,3,9-10,16H2,1-2H3,(H,32,35)/t17-/m1/s1. The van der Waals surface area contributed by atoms with Gasteiger partial charge in [0.05, 0.1) is 27.7 Å². The summed E-state index contributed by atoms with van der Waals surface area (Å²) < 4.78 is 63.2. The number of ether oxygens (including phenoxy) is 2. The number of sulfone groups is 1. The van der Waals surface area contributed by atoms with E-state index in [1.165, 1.54) is 6.07 Å². The topological polar surface area (TPSA) is 99.5 Å². The second-order valence-electron chi connectivity index (χ2n) is 10.1. The van der Waals surface area contributed by atoms with E-state index >= 15 is 0 Å². The van der Waals surface area contributed by atoms with Crippen LogP contribution >= 0.6 is 0 Å². The number of halogens is 2. The average molecular weight is 568 g/mol. The minimum absolute atomic E-state index is 0.00710. The van der Waals surface area contributed by atoms with Crippen molar-refractivity contribution in [1.29, 1.82) is 0 Å². The molecule has 0 radical (unpaired) electrons. The van der Waals surface area contributed by atoms with Gasteiger partial charge in [0.2, 0.25) is 0 Å². The van der Waals surface area contributed by atoms with Gasteiger partial charge >= 0.3 is 6.29 Å². The molecule has 1 amide bonds. The van der Waals surface area contributed by atoms with Crippen molar-refractivity contribution in [3.63, 3.8) is 0 Å². The van der Waals surface area contributed by atoms with Crippen LogP contribution in [0.3, 0.4) is 0 Å². The SMILES string of the molecule is CCS(=O)(=O)c1ccc(CNC(=O)c2ccc3c(c2)nc(C2CC2)n3[C@H](C)c2cccc3c2OC(F)(F)O3)cc1. The summed E-state index contributed by atoms with van der Waals surface area (Å²) in [5.41, 5.74) is 3.16. The molecular formula is C29H27F2N3O5S. The summed E-state index contributed by atoms with van der Waals surface area (Å²) in [5.74, 6) is 0.824. The summed E-state index contributed by atoms with van der Waals surface area (Å²) in [5, 5.41) is 2.87. The van der Waals surface area contributed by atoms with Crippen molar-refractivity contribution in [2.45, 2.75) is 56.4 Å². The maximum atomic E-state index is 13.8. The van der Waals surface area contributed by atoms with E-state index in [2.05, 4.69) is 10.1 Å². The van der Waals surface area contributed by atoms with Gasteiger partial charge in [0.25, 0.3) is 5.91 Å². The summed E-state index contributed by atoms with van der Waals surface area (Å²) in [7, 11) is -3.29. The first kappa shape index (κ1) is 26.2. The molecule has 0 saturated heterocycles. The van der Waals surface area contributed by atoms with Gasteiger partial charge in [0.1, 0.15) is 5.82 Å². The number of rotatable bonds is 8. The molecule has 6 rings (SSSR count). The van der Waals surface area contributed by atoms with Gasteiger partial charge in [-0.3, -0.25) is 4.79 Å². The normalized spacial score (nSPS) is 16.7. The third-order valence-corrected chi connectivity index (χ3v) is 9.08. The van der Waals surface area contributed by atoms with Crippen LogP contribution in [0.1, 0.15) is 66.0 Å². The maximum Gasteiger partial charge on any atom is 0.586 e. The maximum absolute atomic E-state index is 13.8. The quantitative estimate of drug-likeness (QED) is 0.299. The Kier molecular flexibility index (Phi) is 6.29. The molecule has 1 aliphatic carbocycles. The lowest BCUT2D eigenvalue weighted by Gasteiger charge is -2.19. The van der Waals surface area contributed by atoms with Crippen LogP contribution in [-0.2, 0) is 16.4 Å². The second kappa shape index (κ2) is 9.58. The number of nitrogens with zero attached hydrogens (tertiary/aromatic N) is 2. The first-order valence-electron chi connectivity index (χ1n) is 13.1. The van der Waals surface area contributed by atoms with E-state index in [0.29, 0.717) is 16.6 Å². The number of imidazole rings is 1. The second-order valence-corrected chi connectivity index (χ2v) is 12.3. The number of nitrogens with one attached hydrogen (secondary N) is 1. The summed E-state index contributed by atoms with van der Waals surface area (Å²) in [6.07, 6.45) is -1.76. The van der Waals surface area contributed by atoms with E-state index in [4.69, 9.17) is 9.72 Å². The van der Waals surface area contributed by atoms with E-state index in [0.717, 1.165) is 29.7 Å². The number of para-hydroxylation sites is 1. The van der Waals surface area contributed by atoms with Crippen molar-refractivity contribution in [3.05, 3.63) is 83.2 Å². The molecule has 3 aromatic carbocycles. The van der Waals surface area contributed by atoms with E-state index in [-0.39, 0.29) is 46.6 Å².